The number of ketones is 1. The Kier molecular flexibility index (Phi) is 10.3. The van der Waals surface area contributed by atoms with Crippen LogP contribution in [0.1, 0.15) is 58.6 Å². The first kappa shape index (κ1) is 30.8. The van der Waals surface area contributed by atoms with E-state index in [2.05, 4.69) is 21.7 Å². The van der Waals surface area contributed by atoms with Gasteiger partial charge in [0, 0.05) is 51.7 Å². The van der Waals surface area contributed by atoms with Gasteiger partial charge in [-0.3, -0.25) is 14.4 Å². The molecule has 0 saturated carbocycles. The highest BCUT2D eigenvalue weighted by atomic mass is 16.8. The molecule has 0 aliphatic heterocycles. The van der Waals surface area contributed by atoms with Gasteiger partial charge in [-0.25, -0.2) is 4.79 Å². The van der Waals surface area contributed by atoms with Crippen LogP contribution in [0.5, 0.6) is 0 Å². The van der Waals surface area contributed by atoms with Crippen LogP contribution in [0, 0.1) is 0 Å². The van der Waals surface area contributed by atoms with Gasteiger partial charge in [-0.1, -0.05) is 53.4 Å². The van der Waals surface area contributed by atoms with Gasteiger partial charge in [-0.2, -0.15) is 0 Å². The van der Waals surface area contributed by atoms with E-state index < -0.39 is 6.16 Å². The largest absolute Gasteiger partial charge is 0.535 e. The van der Waals surface area contributed by atoms with E-state index in [0.717, 1.165) is 32.7 Å². The number of Topliss-reactive ketones (excluding diaryl/α,β-unsaturated/α-hetero) is 1. The molecule has 1 aliphatic rings. The summed E-state index contributed by atoms with van der Waals surface area (Å²) in [4.78, 5) is 44.6. The van der Waals surface area contributed by atoms with Gasteiger partial charge in [0.25, 0.3) is 0 Å². The molecule has 0 radical (unpaired) electrons. The molecule has 1 atom stereocenters. The van der Waals surface area contributed by atoms with Crippen LogP contribution < -0.4 is 10.2 Å². The van der Waals surface area contributed by atoms with Crippen molar-refractivity contribution >= 4 is 28.9 Å². The van der Waals surface area contributed by atoms with Gasteiger partial charge in [-0.15, -0.1) is 5.10 Å². The molecule has 1 heterocycles. The SMILES string of the molecule is COCCCC(=O)c1cccc2c1-c1ccc(CCCC(=O)NCCOC)cc1C2COC(=O)On1nnc2ccccc21. The number of aromatic nitrogens is 3. The number of aryl methyl sites for hydroxylation is 1. The quantitative estimate of drug-likeness (QED) is 0.0907. The number of fused-ring (bicyclic) bond motifs is 4. The van der Waals surface area contributed by atoms with Crippen molar-refractivity contribution in [2.75, 3.05) is 40.6 Å². The third-order valence-corrected chi connectivity index (χ3v) is 7.63. The van der Waals surface area contributed by atoms with Gasteiger partial charge in [-0.05, 0) is 64.4 Å². The van der Waals surface area contributed by atoms with E-state index in [4.69, 9.17) is 19.0 Å². The Labute approximate surface area is 255 Å². The molecular weight excluding hydrogens is 564 g/mol. The number of carbonyl (C=O) groups is 3. The molecule has 1 N–H and O–H groups in total. The van der Waals surface area contributed by atoms with E-state index in [1.807, 2.05) is 36.4 Å². The van der Waals surface area contributed by atoms with Gasteiger partial charge in [0.15, 0.2) is 5.78 Å². The molecule has 11 heteroatoms. The second-order valence-corrected chi connectivity index (χ2v) is 10.6. The number of benzene rings is 3. The van der Waals surface area contributed by atoms with Crippen LogP contribution >= 0.6 is 0 Å². The molecule has 1 aromatic heterocycles. The van der Waals surface area contributed by atoms with Crippen molar-refractivity contribution in [3.63, 3.8) is 0 Å². The number of nitrogens with zero attached hydrogens (tertiary/aromatic N) is 3. The van der Waals surface area contributed by atoms with Crippen LogP contribution in [-0.2, 0) is 25.4 Å². The number of ether oxygens (including phenoxy) is 3. The number of hydrogen-bond acceptors (Lipinski definition) is 9. The molecule has 1 amide bonds. The maximum Gasteiger partial charge on any atom is 0.535 e. The summed E-state index contributed by atoms with van der Waals surface area (Å²) in [6.07, 6.45) is 1.84. The zero-order valence-electron chi connectivity index (χ0n) is 24.9. The summed E-state index contributed by atoms with van der Waals surface area (Å²) in [6, 6.07) is 18.9. The summed E-state index contributed by atoms with van der Waals surface area (Å²) >= 11 is 0. The maximum atomic E-state index is 13.3. The lowest BCUT2D eigenvalue weighted by Gasteiger charge is -2.15. The first-order valence-electron chi connectivity index (χ1n) is 14.7. The minimum absolute atomic E-state index is 0.00184. The molecule has 1 unspecified atom stereocenters. The average Bonchev–Trinajstić information content (AvgIpc) is 3.58. The van der Waals surface area contributed by atoms with E-state index in [-0.39, 0.29) is 24.2 Å². The van der Waals surface area contributed by atoms with Crippen molar-refractivity contribution in [2.45, 2.75) is 38.0 Å². The van der Waals surface area contributed by atoms with Crippen molar-refractivity contribution in [3.05, 3.63) is 82.9 Å². The van der Waals surface area contributed by atoms with Crippen molar-refractivity contribution < 1.29 is 33.4 Å². The molecule has 4 aromatic rings. The van der Waals surface area contributed by atoms with Gasteiger partial charge >= 0.3 is 6.16 Å². The summed E-state index contributed by atoms with van der Waals surface area (Å²) in [5.41, 5.74) is 6.47. The monoisotopic (exact) mass is 600 g/mol. The van der Waals surface area contributed by atoms with Crippen LogP contribution in [0.2, 0.25) is 0 Å². The molecule has 5 rings (SSSR count). The summed E-state index contributed by atoms with van der Waals surface area (Å²) in [6.45, 7) is 1.46. The minimum Gasteiger partial charge on any atom is -0.432 e. The molecule has 230 valence electrons. The Hall–Kier alpha value is -4.61. The minimum atomic E-state index is -0.918. The lowest BCUT2D eigenvalue weighted by atomic mass is 9.93. The number of para-hydroxylation sites is 1. The smallest absolute Gasteiger partial charge is 0.432 e. The van der Waals surface area contributed by atoms with E-state index >= 15 is 0 Å². The third kappa shape index (κ3) is 7.12. The van der Waals surface area contributed by atoms with Gasteiger partial charge in [0.05, 0.1) is 6.61 Å². The first-order valence-corrected chi connectivity index (χ1v) is 14.7. The van der Waals surface area contributed by atoms with Gasteiger partial charge < -0.3 is 19.5 Å². The number of carbonyl (C=O) groups excluding carboxylic acids is 3. The molecule has 3 aromatic carbocycles. The van der Waals surface area contributed by atoms with Crippen molar-refractivity contribution in [2.24, 2.45) is 0 Å². The van der Waals surface area contributed by atoms with Gasteiger partial charge in [0.1, 0.15) is 17.6 Å². The predicted molar refractivity (Wildman–Crippen MR) is 162 cm³/mol. The van der Waals surface area contributed by atoms with Crippen LogP contribution in [0.25, 0.3) is 22.2 Å². The molecule has 1 aliphatic carbocycles. The number of methoxy groups -OCH3 is 2. The van der Waals surface area contributed by atoms with E-state index in [1.54, 1.807) is 32.4 Å². The molecule has 11 nitrogen and oxygen atoms in total. The van der Waals surface area contributed by atoms with E-state index in [1.165, 1.54) is 0 Å². The average molecular weight is 601 g/mol. The van der Waals surface area contributed by atoms with Crippen LogP contribution in [0.4, 0.5) is 4.79 Å². The molecule has 0 bridgehead atoms. The van der Waals surface area contributed by atoms with Crippen LogP contribution in [0.15, 0.2) is 60.7 Å². The number of amides is 1. The summed E-state index contributed by atoms with van der Waals surface area (Å²) < 4.78 is 15.8. The first-order chi connectivity index (χ1) is 21.5. The van der Waals surface area contributed by atoms with Crippen LogP contribution in [-0.4, -0.2) is 73.6 Å². The Bertz CT molecular complexity index is 1630. The Morgan fingerprint density at radius 3 is 2.59 bits per heavy atom. The Morgan fingerprint density at radius 2 is 1.75 bits per heavy atom. The fourth-order valence-electron chi connectivity index (χ4n) is 5.53. The highest BCUT2D eigenvalue weighted by Crippen LogP contribution is 2.47. The zero-order valence-corrected chi connectivity index (χ0v) is 24.9. The predicted octanol–water partition coefficient (Wildman–Crippen LogP) is 4.50. The highest BCUT2D eigenvalue weighted by Gasteiger charge is 2.33. The molecule has 0 spiro atoms. The second-order valence-electron chi connectivity index (χ2n) is 10.6. The third-order valence-electron chi connectivity index (χ3n) is 7.63. The van der Waals surface area contributed by atoms with Gasteiger partial charge in [0.2, 0.25) is 5.91 Å². The topological polar surface area (TPSA) is 131 Å². The van der Waals surface area contributed by atoms with E-state index in [0.29, 0.717) is 68.5 Å². The summed E-state index contributed by atoms with van der Waals surface area (Å²) in [5, 5.41) is 10.7. The summed E-state index contributed by atoms with van der Waals surface area (Å²) in [5.74, 6) is -0.297. The maximum absolute atomic E-state index is 13.3. The van der Waals surface area contributed by atoms with E-state index in [9.17, 15) is 14.4 Å². The van der Waals surface area contributed by atoms with Crippen molar-refractivity contribution in [3.8, 4) is 11.1 Å². The van der Waals surface area contributed by atoms with Crippen molar-refractivity contribution in [1.82, 2.24) is 20.5 Å². The number of hydrogen-bond donors (Lipinski definition) is 1. The fourth-order valence-corrected chi connectivity index (χ4v) is 5.53. The normalized spacial score (nSPS) is 13.4. The molecule has 0 saturated heterocycles. The van der Waals surface area contributed by atoms with Crippen LogP contribution in [0.3, 0.4) is 0 Å². The molecular formula is C33H36N4O7. The summed E-state index contributed by atoms with van der Waals surface area (Å²) in [7, 11) is 3.21. The lowest BCUT2D eigenvalue weighted by molar-refractivity contribution is -0.121. The Morgan fingerprint density at radius 1 is 0.909 bits per heavy atom. The second kappa shape index (κ2) is 14.7. The highest BCUT2D eigenvalue weighted by molar-refractivity contribution is 6.04. The zero-order chi connectivity index (χ0) is 30.9. The number of nitrogens with one attached hydrogen (secondary N) is 1. The fraction of sp³-hybridized carbons (Fsp3) is 0.364. The molecule has 0 fully saturated rings. The number of rotatable bonds is 15. The van der Waals surface area contributed by atoms with Crippen molar-refractivity contribution in [1.29, 1.82) is 0 Å². The standard InChI is InChI=1S/C33H36N4O7/c1-41-18-7-13-30(38)25-10-6-9-23-27(21-43-33(40)44-37-29-12-4-3-11-28(29)35-36-37)26-20-22(15-16-24(26)32(23)25)8-5-14-31(39)34-17-19-42-2/h3-4,6,9-12,15-16,20,27H,5,7-8,13-14,17-19,21H2,1-2H3,(H,34,39). The lowest BCUT2D eigenvalue weighted by Crippen LogP contribution is -2.26. The Balaban J connectivity index is 1.35. The molecule has 44 heavy (non-hydrogen) atoms.